The van der Waals surface area contributed by atoms with Gasteiger partial charge in [0, 0.05) is 36.6 Å². The quantitative estimate of drug-likeness (QED) is 0.800. The van der Waals surface area contributed by atoms with Crippen LogP contribution < -0.4 is 11.1 Å². The van der Waals surface area contributed by atoms with Crippen molar-refractivity contribution in [3.8, 4) is 0 Å². The summed E-state index contributed by atoms with van der Waals surface area (Å²) in [5, 5.41) is 3.13. The molecule has 1 aliphatic heterocycles. The van der Waals surface area contributed by atoms with Crippen LogP contribution in [0.3, 0.4) is 0 Å². The lowest BCUT2D eigenvalue weighted by Crippen LogP contribution is -2.52. The highest BCUT2D eigenvalue weighted by atomic mass is 16.1. The van der Waals surface area contributed by atoms with E-state index in [0.717, 1.165) is 25.9 Å². The van der Waals surface area contributed by atoms with Gasteiger partial charge < -0.3 is 11.1 Å². The van der Waals surface area contributed by atoms with Crippen molar-refractivity contribution < 1.29 is 4.79 Å². The predicted octanol–water partition coefficient (Wildman–Crippen LogP) is 1.35. The Labute approximate surface area is 111 Å². The number of hydrogen-bond acceptors (Lipinski definition) is 3. The number of nitrogens with zero attached hydrogens (tertiary/aromatic N) is 1. The average Bonchev–Trinajstić information content (AvgIpc) is 2.27. The fourth-order valence-electron chi connectivity index (χ4n) is 2.27. The van der Waals surface area contributed by atoms with Crippen LogP contribution in [0.15, 0.2) is 0 Å². The maximum absolute atomic E-state index is 11.9. The van der Waals surface area contributed by atoms with Gasteiger partial charge in [-0.2, -0.15) is 0 Å². The van der Waals surface area contributed by atoms with Gasteiger partial charge in [-0.25, -0.2) is 0 Å². The van der Waals surface area contributed by atoms with Gasteiger partial charge in [0.25, 0.3) is 0 Å². The van der Waals surface area contributed by atoms with Crippen LogP contribution in [0.1, 0.15) is 47.5 Å². The first-order valence-corrected chi connectivity index (χ1v) is 7.03. The zero-order valence-corrected chi connectivity index (χ0v) is 12.5. The third-order valence-corrected chi connectivity index (χ3v) is 3.99. The van der Waals surface area contributed by atoms with Crippen molar-refractivity contribution in [3.63, 3.8) is 0 Å². The molecule has 0 spiro atoms. The summed E-state index contributed by atoms with van der Waals surface area (Å²) in [6.07, 6.45) is 2.07. The minimum atomic E-state index is -0.106. The number of piperidine rings is 1. The fraction of sp³-hybridized carbons (Fsp3) is 0.929. The van der Waals surface area contributed by atoms with Crippen molar-refractivity contribution in [3.05, 3.63) is 0 Å². The molecular formula is C14H29N3O. The van der Waals surface area contributed by atoms with Crippen molar-refractivity contribution in [2.75, 3.05) is 13.1 Å². The van der Waals surface area contributed by atoms with Crippen molar-refractivity contribution in [1.82, 2.24) is 10.2 Å². The maximum Gasteiger partial charge on any atom is 0.224 e. The Kier molecular flexibility index (Phi) is 5.17. The molecule has 0 radical (unpaired) electrons. The van der Waals surface area contributed by atoms with Gasteiger partial charge in [0.2, 0.25) is 5.91 Å². The summed E-state index contributed by atoms with van der Waals surface area (Å²) in [4.78, 5) is 14.4. The van der Waals surface area contributed by atoms with E-state index in [1.54, 1.807) is 0 Å². The van der Waals surface area contributed by atoms with E-state index in [1.165, 1.54) is 0 Å². The molecule has 4 heteroatoms. The van der Waals surface area contributed by atoms with Gasteiger partial charge in [-0.05, 0) is 40.5 Å². The highest BCUT2D eigenvalue weighted by Gasteiger charge is 2.28. The topological polar surface area (TPSA) is 58.4 Å². The Balaban J connectivity index is 2.38. The van der Waals surface area contributed by atoms with Crippen LogP contribution in [0, 0.1) is 5.92 Å². The summed E-state index contributed by atoms with van der Waals surface area (Å²) in [7, 11) is 0. The Bertz CT molecular complexity index is 275. The van der Waals surface area contributed by atoms with E-state index in [1.807, 2.05) is 13.8 Å². The number of hydrogen-bond donors (Lipinski definition) is 2. The molecule has 1 fully saturated rings. The SMILES string of the molecule is CC(N)C(C)C(=O)NC1CCN(C(C)(C)C)CC1. The Morgan fingerprint density at radius 3 is 2.17 bits per heavy atom. The molecule has 0 aromatic heterocycles. The summed E-state index contributed by atoms with van der Waals surface area (Å²) in [6.45, 7) is 12.6. The van der Waals surface area contributed by atoms with Gasteiger partial charge in [0.1, 0.15) is 0 Å². The van der Waals surface area contributed by atoms with Crippen LogP contribution in [-0.4, -0.2) is 41.5 Å². The molecule has 1 saturated heterocycles. The van der Waals surface area contributed by atoms with Crippen molar-refractivity contribution in [1.29, 1.82) is 0 Å². The summed E-state index contributed by atoms with van der Waals surface area (Å²) in [5.74, 6) is -0.00939. The molecule has 2 atom stereocenters. The number of carbonyl (C=O) groups excluding carboxylic acids is 1. The zero-order chi connectivity index (χ0) is 13.9. The molecule has 0 aliphatic carbocycles. The second-order valence-electron chi connectivity index (χ2n) is 6.59. The van der Waals surface area contributed by atoms with Gasteiger partial charge in [-0.3, -0.25) is 9.69 Å². The van der Waals surface area contributed by atoms with E-state index in [0.29, 0.717) is 6.04 Å². The molecule has 3 N–H and O–H groups in total. The Morgan fingerprint density at radius 1 is 1.28 bits per heavy atom. The molecule has 0 saturated carbocycles. The number of carbonyl (C=O) groups is 1. The van der Waals surface area contributed by atoms with Gasteiger partial charge in [0.15, 0.2) is 0 Å². The lowest BCUT2D eigenvalue weighted by molar-refractivity contribution is -0.126. The van der Waals surface area contributed by atoms with E-state index >= 15 is 0 Å². The normalized spacial score (nSPS) is 22.6. The molecule has 0 aromatic rings. The number of nitrogens with two attached hydrogens (primary N) is 1. The standard InChI is InChI=1S/C14H29N3O/c1-10(11(2)15)13(18)16-12-6-8-17(9-7-12)14(3,4)5/h10-12H,6-9,15H2,1-5H3,(H,16,18). The number of rotatable bonds is 3. The largest absolute Gasteiger partial charge is 0.353 e. The van der Waals surface area contributed by atoms with Gasteiger partial charge in [0.05, 0.1) is 0 Å². The first kappa shape index (κ1) is 15.4. The van der Waals surface area contributed by atoms with E-state index in [2.05, 4.69) is 31.0 Å². The van der Waals surface area contributed by atoms with Crippen LogP contribution >= 0.6 is 0 Å². The van der Waals surface area contributed by atoms with Crippen LogP contribution in [0.25, 0.3) is 0 Å². The highest BCUT2D eigenvalue weighted by Crippen LogP contribution is 2.20. The Morgan fingerprint density at radius 2 is 1.78 bits per heavy atom. The lowest BCUT2D eigenvalue weighted by Gasteiger charge is -2.41. The van der Waals surface area contributed by atoms with Crippen LogP contribution in [0.4, 0.5) is 0 Å². The first-order valence-electron chi connectivity index (χ1n) is 7.03. The molecule has 1 aliphatic rings. The molecule has 1 rings (SSSR count). The zero-order valence-electron chi connectivity index (χ0n) is 12.5. The molecular weight excluding hydrogens is 226 g/mol. The van der Waals surface area contributed by atoms with Crippen LogP contribution in [0.5, 0.6) is 0 Å². The minimum Gasteiger partial charge on any atom is -0.353 e. The Hall–Kier alpha value is -0.610. The van der Waals surface area contributed by atoms with Gasteiger partial charge in [-0.15, -0.1) is 0 Å². The first-order chi connectivity index (χ1) is 8.21. The monoisotopic (exact) mass is 255 g/mol. The van der Waals surface area contributed by atoms with Crippen molar-refractivity contribution >= 4 is 5.91 Å². The highest BCUT2D eigenvalue weighted by molar-refractivity contribution is 5.79. The lowest BCUT2D eigenvalue weighted by atomic mass is 9.97. The molecule has 0 aromatic carbocycles. The van der Waals surface area contributed by atoms with E-state index in [-0.39, 0.29) is 23.4 Å². The van der Waals surface area contributed by atoms with Crippen molar-refractivity contribution in [2.45, 2.75) is 65.1 Å². The van der Waals surface area contributed by atoms with Crippen LogP contribution in [0.2, 0.25) is 0 Å². The molecule has 1 amide bonds. The number of likely N-dealkylation sites (tertiary alicyclic amines) is 1. The third-order valence-electron chi connectivity index (χ3n) is 3.99. The van der Waals surface area contributed by atoms with Gasteiger partial charge in [-0.1, -0.05) is 6.92 Å². The van der Waals surface area contributed by atoms with Gasteiger partial charge >= 0.3 is 0 Å². The molecule has 4 nitrogen and oxygen atoms in total. The molecule has 2 unspecified atom stereocenters. The summed E-state index contributed by atoms with van der Waals surface area (Å²) in [5.41, 5.74) is 5.98. The summed E-state index contributed by atoms with van der Waals surface area (Å²) < 4.78 is 0. The molecule has 18 heavy (non-hydrogen) atoms. The second kappa shape index (κ2) is 6.02. The van der Waals surface area contributed by atoms with E-state index in [4.69, 9.17) is 5.73 Å². The van der Waals surface area contributed by atoms with E-state index < -0.39 is 0 Å². The van der Waals surface area contributed by atoms with Crippen molar-refractivity contribution in [2.24, 2.45) is 11.7 Å². The predicted molar refractivity (Wildman–Crippen MR) is 75.3 cm³/mol. The minimum absolute atomic E-state index is 0.0836. The molecule has 0 bridgehead atoms. The summed E-state index contributed by atoms with van der Waals surface area (Å²) in [6, 6.07) is 0.233. The third kappa shape index (κ3) is 4.25. The van der Waals surface area contributed by atoms with E-state index in [9.17, 15) is 4.79 Å². The smallest absolute Gasteiger partial charge is 0.224 e. The molecule has 106 valence electrons. The molecule has 1 heterocycles. The maximum atomic E-state index is 11.9. The average molecular weight is 255 g/mol. The van der Waals surface area contributed by atoms with Crippen LogP contribution in [-0.2, 0) is 4.79 Å². The second-order valence-corrected chi connectivity index (χ2v) is 6.59. The fourth-order valence-corrected chi connectivity index (χ4v) is 2.27. The number of amides is 1. The number of nitrogens with one attached hydrogen (secondary N) is 1. The summed E-state index contributed by atoms with van der Waals surface area (Å²) >= 11 is 0.